The Balaban J connectivity index is 1.42. The number of fused-ring (bicyclic) bond motifs is 2. The summed E-state index contributed by atoms with van der Waals surface area (Å²) in [4.78, 5) is 37.2. The van der Waals surface area contributed by atoms with E-state index >= 15 is 0 Å². The van der Waals surface area contributed by atoms with E-state index < -0.39 is 0 Å². The minimum atomic E-state index is 0.0252. The van der Waals surface area contributed by atoms with Gasteiger partial charge in [-0.1, -0.05) is 24.1 Å². The average Bonchev–Trinajstić information content (AvgIpc) is 2.95. The fourth-order valence-corrected chi connectivity index (χ4v) is 6.18. The third-order valence-corrected chi connectivity index (χ3v) is 8.06. The van der Waals surface area contributed by atoms with Crippen LogP contribution in [0, 0.1) is 13.8 Å². The Morgan fingerprint density at radius 3 is 2.59 bits per heavy atom. The van der Waals surface area contributed by atoms with Gasteiger partial charge in [0.1, 0.15) is 10.7 Å². The number of nitrogens with zero attached hydrogens (tertiary/aromatic N) is 4. The highest BCUT2D eigenvalue weighted by atomic mass is 32.1. The van der Waals surface area contributed by atoms with Gasteiger partial charge in [-0.15, -0.1) is 11.3 Å². The molecule has 1 saturated heterocycles. The van der Waals surface area contributed by atoms with E-state index in [9.17, 15) is 9.59 Å². The van der Waals surface area contributed by atoms with Crippen molar-refractivity contribution in [3.8, 4) is 0 Å². The zero-order valence-corrected chi connectivity index (χ0v) is 19.9. The number of carbonyl (C=O) groups is 1. The van der Waals surface area contributed by atoms with Crippen molar-refractivity contribution in [2.45, 2.75) is 59.0 Å². The number of carbonyl (C=O) groups excluding carboxylic acids is 1. The molecule has 6 nitrogen and oxygen atoms in total. The Bertz CT molecular complexity index is 1230. The van der Waals surface area contributed by atoms with Crippen LogP contribution in [-0.2, 0) is 13.0 Å². The number of benzene rings is 1. The quantitative estimate of drug-likeness (QED) is 0.589. The predicted molar refractivity (Wildman–Crippen MR) is 130 cm³/mol. The van der Waals surface area contributed by atoms with Gasteiger partial charge < -0.3 is 9.80 Å². The summed E-state index contributed by atoms with van der Waals surface area (Å²) in [6.07, 6.45) is 4.05. The molecule has 2 aliphatic heterocycles. The molecule has 0 radical (unpaired) electrons. The Hall–Kier alpha value is -2.67. The molecule has 7 heteroatoms. The standard InChI is InChI=1S/C25H30N4O2S/c1-16-8-10-19(11-9-16)28-14-13-27(15-17(28)2)25(31)22-18(3)21-23(32-22)26-20-7-5-4-6-12-29(20)24(21)30/h8-11,17H,4-7,12-15H2,1-3H3/t17-/m0/s1. The third kappa shape index (κ3) is 3.62. The van der Waals surface area contributed by atoms with Crippen LogP contribution in [-0.4, -0.2) is 46.0 Å². The zero-order chi connectivity index (χ0) is 22.4. The second kappa shape index (κ2) is 8.35. The molecule has 1 fully saturated rings. The smallest absolute Gasteiger partial charge is 0.264 e. The topological polar surface area (TPSA) is 58.4 Å². The van der Waals surface area contributed by atoms with Crippen molar-refractivity contribution in [3.05, 3.63) is 56.4 Å². The molecule has 4 heterocycles. The molecule has 0 unspecified atom stereocenters. The summed E-state index contributed by atoms with van der Waals surface area (Å²) in [5.41, 5.74) is 3.27. The first-order valence-corrected chi connectivity index (χ1v) is 12.4. The summed E-state index contributed by atoms with van der Waals surface area (Å²) >= 11 is 1.39. The Morgan fingerprint density at radius 2 is 1.84 bits per heavy atom. The van der Waals surface area contributed by atoms with Gasteiger partial charge >= 0.3 is 0 Å². The molecular formula is C25H30N4O2S. The van der Waals surface area contributed by atoms with E-state index in [0.717, 1.165) is 55.0 Å². The van der Waals surface area contributed by atoms with E-state index in [1.54, 1.807) is 0 Å². The number of thiophene rings is 1. The molecule has 2 aliphatic rings. The van der Waals surface area contributed by atoms with Gasteiger partial charge in [0.05, 0.1) is 10.3 Å². The minimum absolute atomic E-state index is 0.0252. The van der Waals surface area contributed by atoms with E-state index in [-0.39, 0.29) is 17.5 Å². The van der Waals surface area contributed by atoms with Crippen LogP contribution in [0.2, 0.25) is 0 Å². The second-order valence-corrected chi connectivity index (χ2v) is 10.2. The van der Waals surface area contributed by atoms with Gasteiger partial charge in [-0.3, -0.25) is 14.2 Å². The maximum absolute atomic E-state index is 13.5. The van der Waals surface area contributed by atoms with E-state index in [2.05, 4.69) is 43.0 Å². The van der Waals surface area contributed by atoms with Crippen molar-refractivity contribution < 1.29 is 4.79 Å². The first-order valence-electron chi connectivity index (χ1n) is 11.6. The van der Waals surface area contributed by atoms with Crippen LogP contribution in [0.5, 0.6) is 0 Å². The minimum Gasteiger partial charge on any atom is -0.365 e. The fraction of sp³-hybridized carbons (Fsp3) is 0.480. The highest BCUT2D eigenvalue weighted by molar-refractivity contribution is 7.20. The van der Waals surface area contributed by atoms with Gasteiger partial charge in [-0.2, -0.15) is 0 Å². The maximum Gasteiger partial charge on any atom is 0.264 e. The van der Waals surface area contributed by atoms with E-state index in [4.69, 9.17) is 4.98 Å². The number of piperazine rings is 1. The van der Waals surface area contributed by atoms with Crippen molar-refractivity contribution in [1.29, 1.82) is 0 Å². The number of hydrogen-bond donors (Lipinski definition) is 0. The maximum atomic E-state index is 13.5. The number of aryl methyl sites for hydroxylation is 3. The average molecular weight is 451 g/mol. The summed E-state index contributed by atoms with van der Waals surface area (Å²) in [5.74, 6) is 0.904. The monoisotopic (exact) mass is 450 g/mol. The molecule has 1 atom stereocenters. The molecule has 0 spiro atoms. The van der Waals surface area contributed by atoms with Gasteiger partial charge in [-0.25, -0.2) is 4.98 Å². The zero-order valence-electron chi connectivity index (χ0n) is 19.1. The summed E-state index contributed by atoms with van der Waals surface area (Å²) in [5, 5.41) is 0.635. The van der Waals surface area contributed by atoms with Crippen molar-refractivity contribution >= 4 is 33.1 Å². The van der Waals surface area contributed by atoms with E-state index in [1.165, 1.54) is 22.6 Å². The first-order chi connectivity index (χ1) is 15.4. The second-order valence-electron chi connectivity index (χ2n) is 9.16. The fourth-order valence-electron chi connectivity index (χ4n) is 5.02. The number of aromatic nitrogens is 2. The molecule has 5 rings (SSSR count). The Kier molecular flexibility index (Phi) is 5.53. The first kappa shape index (κ1) is 21.2. The molecule has 1 aromatic carbocycles. The molecule has 32 heavy (non-hydrogen) atoms. The molecule has 0 N–H and O–H groups in total. The molecular weight excluding hydrogens is 420 g/mol. The van der Waals surface area contributed by atoms with E-state index in [0.29, 0.717) is 23.4 Å². The van der Waals surface area contributed by atoms with E-state index in [1.807, 2.05) is 16.4 Å². The van der Waals surface area contributed by atoms with Gasteiger partial charge in [0.25, 0.3) is 11.5 Å². The van der Waals surface area contributed by atoms with Crippen LogP contribution in [0.3, 0.4) is 0 Å². The number of amides is 1. The Morgan fingerprint density at radius 1 is 1.06 bits per heavy atom. The summed E-state index contributed by atoms with van der Waals surface area (Å²) < 4.78 is 1.84. The lowest BCUT2D eigenvalue weighted by molar-refractivity contribution is 0.0730. The van der Waals surface area contributed by atoms with Gasteiger partial charge in [0.2, 0.25) is 0 Å². The largest absolute Gasteiger partial charge is 0.365 e. The summed E-state index contributed by atoms with van der Waals surface area (Å²) in [6, 6.07) is 8.80. The molecule has 1 amide bonds. The van der Waals surface area contributed by atoms with Crippen molar-refractivity contribution in [3.63, 3.8) is 0 Å². The molecule has 0 bridgehead atoms. The van der Waals surface area contributed by atoms with Gasteiger partial charge in [0, 0.05) is 44.3 Å². The van der Waals surface area contributed by atoms with Crippen LogP contribution in [0.25, 0.3) is 10.2 Å². The normalized spacial score (nSPS) is 19.2. The molecule has 168 valence electrons. The van der Waals surface area contributed by atoms with Crippen molar-refractivity contribution in [2.75, 3.05) is 24.5 Å². The SMILES string of the molecule is Cc1ccc(N2CCN(C(=O)c3sc4nc5n(c(=O)c4c3C)CCCCC5)C[C@@H]2C)cc1. The van der Waals surface area contributed by atoms with Crippen molar-refractivity contribution in [1.82, 2.24) is 14.5 Å². The van der Waals surface area contributed by atoms with Crippen LogP contribution in [0.15, 0.2) is 29.1 Å². The highest BCUT2D eigenvalue weighted by Crippen LogP contribution is 2.30. The van der Waals surface area contributed by atoms with Crippen LogP contribution in [0.1, 0.15) is 52.8 Å². The van der Waals surface area contributed by atoms with Crippen LogP contribution >= 0.6 is 11.3 Å². The summed E-state index contributed by atoms with van der Waals surface area (Å²) in [6.45, 7) is 9.04. The highest BCUT2D eigenvalue weighted by Gasteiger charge is 2.30. The number of anilines is 1. The van der Waals surface area contributed by atoms with Gasteiger partial charge in [-0.05, 0) is 51.3 Å². The van der Waals surface area contributed by atoms with Gasteiger partial charge in [0.15, 0.2) is 0 Å². The lowest BCUT2D eigenvalue weighted by atomic mass is 10.1. The molecule has 3 aromatic rings. The van der Waals surface area contributed by atoms with Crippen molar-refractivity contribution in [2.24, 2.45) is 0 Å². The lowest BCUT2D eigenvalue weighted by Gasteiger charge is -2.41. The number of rotatable bonds is 2. The lowest BCUT2D eigenvalue weighted by Crippen LogP contribution is -2.53. The molecule has 0 aliphatic carbocycles. The van der Waals surface area contributed by atoms with Crippen LogP contribution in [0.4, 0.5) is 5.69 Å². The third-order valence-electron chi connectivity index (χ3n) is 6.89. The Labute approximate surface area is 192 Å². The molecule has 0 saturated carbocycles. The predicted octanol–water partition coefficient (Wildman–Crippen LogP) is 4.15. The van der Waals surface area contributed by atoms with Crippen LogP contribution < -0.4 is 10.5 Å². The summed E-state index contributed by atoms with van der Waals surface area (Å²) in [7, 11) is 0. The molecule has 2 aromatic heterocycles. The number of hydrogen-bond acceptors (Lipinski definition) is 5.